The number of benzene rings is 2. The summed E-state index contributed by atoms with van der Waals surface area (Å²) in [6, 6.07) is 10.9. The van der Waals surface area contributed by atoms with Crippen molar-refractivity contribution < 1.29 is 78.6 Å². The number of ether oxygens (including phenoxy) is 9. The van der Waals surface area contributed by atoms with Crippen LogP contribution in [0.1, 0.15) is 97.6 Å². The first-order valence-corrected chi connectivity index (χ1v) is 25.6. The minimum Gasteiger partial charge on any atom is -0.494 e. The molecule has 2 aromatic rings. The number of fused-ring (bicyclic) bond motifs is 4. The van der Waals surface area contributed by atoms with Gasteiger partial charge in [-0.3, -0.25) is 0 Å². The number of hydrogen-bond acceptors (Lipinski definition) is 13. The van der Waals surface area contributed by atoms with Crippen LogP contribution in [-0.2, 0) is 37.9 Å². The Hall–Kier alpha value is -3.82. The van der Waals surface area contributed by atoms with E-state index < -0.39 is 55.9 Å². The molecule has 0 saturated heterocycles. The lowest BCUT2D eigenvalue weighted by molar-refractivity contribution is -0.258. The van der Waals surface area contributed by atoms with Gasteiger partial charge in [-0.15, -0.1) is 23.5 Å². The van der Waals surface area contributed by atoms with Crippen LogP contribution < -0.4 is 4.74 Å². The molecule has 1 saturated carbocycles. The molecule has 2 aliphatic heterocycles. The predicted octanol–water partition coefficient (Wildman–Crippen LogP) is 11.4. The maximum absolute atomic E-state index is 16.3. The number of hydrogen-bond donors (Lipinski definition) is 0. The molecule has 2 aromatic carbocycles. The van der Waals surface area contributed by atoms with E-state index >= 15 is 26.3 Å². The quantitative estimate of drug-likeness (QED) is 0.0405. The van der Waals surface area contributed by atoms with Crippen molar-refractivity contribution >= 4 is 45.3 Å². The largest absolute Gasteiger partial charge is 0.494 e. The fourth-order valence-electron chi connectivity index (χ4n) is 8.65. The van der Waals surface area contributed by atoms with E-state index in [1.165, 1.54) is 56.0 Å². The Morgan fingerprint density at radius 2 is 0.915 bits per heavy atom. The number of unbranched alkanes of at least 4 members (excludes halogenated alkanes) is 6. The smallest absolute Gasteiger partial charge is 0.380 e. The molecule has 0 amide bonds. The van der Waals surface area contributed by atoms with Crippen molar-refractivity contribution in [3.63, 3.8) is 0 Å². The number of halogens is 6. The van der Waals surface area contributed by atoms with E-state index in [0.29, 0.717) is 49.3 Å². The Balaban J connectivity index is 1.27. The Bertz CT molecular complexity index is 2230. The Labute approximate surface area is 420 Å². The summed E-state index contributed by atoms with van der Waals surface area (Å²) in [5, 5.41) is 0. The van der Waals surface area contributed by atoms with E-state index in [1.54, 1.807) is 52.3 Å². The second kappa shape index (κ2) is 25.4. The molecule has 2 atom stereocenters. The van der Waals surface area contributed by atoms with Crippen molar-refractivity contribution in [1.29, 1.82) is 0 Å². The fourth-order valence-corrected chi connectivity index (χ4v) is 11.8. The van der Waals surface area contributed by atoms with Gasteiger partial charge in [0.1, 0.15) is 19.0 Å². The van der Waals surface area contributed by atoms with Crippen LogP contribution in [-0.4, -0.2) is 139 Å². The van der Waals surface area contributed by atoms with Crippen LogP contribution in [0.5, 0.6) is 5.75 Å². The highest BCUT2D eigenvalue weighted by Crippen LogP contribution is 2.75. The number of carbonyl (C=O) groups excluding carboxylic acids is 2. The zero-order chi connectivity index (χ0) is 51.3. The van der Waals surface area contributed by atoms with Crippen molar-refractivity contribution in [2.75, 3.05) is 100 Å². The highest BCUT2D eigenvalue weighted by Gasteiger charge is 2.84. The number of esters is 2. The number of carbonyl (C=O) groups is 2. The van der Waals surface area contributed by atoms with Gasteiger partial charge in [0.05, 0.1) is 93.3 Å². The van der Waals surface area contributed by atoms with Crippen LogP contribution in [0.3, 0.4) is 0 Å². The highest BCUT2D eigenvalue weighted by molar-refractivity contribution is 8.14. The number of methoxy groups -OCH3 is 2. The van der Waals surface area contributed by atoms with E-state index in [9.17, 15) is 9.59 Å². The Morgan fingerprint density at radius 3 is 1.37 bits per heavy atom. The van der Waals surface area contributed by atoms with Crippen LogP contribution in [0, 0.1) is 0 Å². The van der Waals surface area contributed by atoms with Crippen LogP contribution in [0.4, 0.5) is 26.3 Å². The molecular weight excluding hydrogens is 979 g/mol. The second-order valence-corrected chi connectivity index (χ2v) is 20.5. The third kappa shape index (κ3) is 12.6. The fraction of sp³-hybridized carbons (Fsp3) is 0.577. The van der Waals surface area contributed by atoms with Gasteiger partial charge in [-0.1, -0.05) is 57.6 Å². The SMILES string of the molecule is CCCCCCCCCOc1ccc(C2=CC3=C4C(=C5C=C(c6cc(C(=O)OCCOCCOCCOC)cc(C(=O)OCCOCCOCCOC)c6)S[C@@]5(C)[C@]3(C)S2)C(F)(F)C(F)(F)C4(F)F)cc1. The van der Waals surface area contributed by atoms with E-state index in [4.69, 9.17) is 42.6 Å². The first-order chi connectivity index (χ1) is 34.0. The molecule has 11 nitrogen and oxygen atoms in total. The molecule has 0 aromatic heterocycles. The van der Waals surface area contributed by atoms with Crippen LogP contribution in [0.25, 0.3) is 9.81 Å². The predicted molar refractivity (Wildman–Crippen MR) is 261 cm³/mol. The number of thioether (sulfide) groups is 2. The minimum absolute atomic E-state index is 0.00628. The topological polar surface area (TPSA) is 117 Å². The van der Waals surface area contributed by atoms with Crippen molar-refractivity contribution in [3.8, 4) is 5.75 Å². The van der Waals surface area contributed by atoms with E-state index in [1.807, 2.05) is 0 Å². The van der Waals surface area contributed by atoms with Crippen molar-refractivity contribution in [2.24, 2.45) is 0 Å². The molecule has 0 radical (unpaired) electrons. The molecule has 0 unspecified atom stereocenters. The monoisotopic (exact) mass is 1040 g/mol. The molecular formula is C52H64F6O11S2. The summed E-state index contributed by atoms with van der Waals surface area (Å²) in [6.45, 7) is 8.03. The summed E-state index contributed by atoms with van der Waals surface area (Å²) in [6.07, 6.45) is 10.3. The van der Waals surface area contributed by atoms with E-state index in [0.717, 1.165) is 42.8 Å². The van der Waals surface area contributed by atoms with Crippen LogP contribution in [0.15, 0.2) is 76.9 Å². The lowest BCUT2D eigenvalue weighted by Crippen LogP contribution is -2.48. The number of rotatable bonds is 31. The number of allylic oxidation sites excluding steroid dienone is 4. The maximum Gasteiger partial charge on any atom is 0.380 e. The summed E-state index contributed by atoms with van der Waals surface area (Å²) < 4.78 is 142. The lowest BCUT2D eigenvalue weighted by atomic mass is 9.71. The molecule has 4 aliphatic rings. The summed E-state index contributed by atoms with van der Waals surface area (Å²) in [5.41, 5.74) is -3.19. The van der Waals surface area contributed by atoms with Gasteiger partial charge in [-0.25, -0.2) is 9.59 Å². The minimum atomic E-state index is -5.77. The van der Waals surface area contributed by atoms with Gasteiger partial charge < -0.3 is 42.6 Å². The molecule has 2 heterocycles. The average molecular weight is 1040 g/mol. The molecule has 6 rings (SSSR count). The van der Waals surface area contributed by atoms with Crippen molar-refractivity contribution in [1.82, 2.24) is 0 Å². The second-order valence-electron chi connectivity index (χ2n) is 17.6. The standard InChI is InChI=1S/C52H64F6O11S2/c1-6-7-8-9-10-11-12-17-67-39-15-13-35(14-16-39)42-33-40-44-45(51(55,56)52(57,58)50(44,53)54)41-34-43(71-49(41,3)48(40,2)70-42)36-30-37(46(59)68-28-26-65-24-22-63-20-18-61-4)32-38(31-36)47(60)69-29-27-66-25-23-64-21-19-62-5/h13-16,30-34H,6-12,17-29H2,1-5H3/t48-,49-/m1/s1. The van der Waals surface area contributed by atoms with Gasteiger partial charge in [0, 0.05) is 35.2 Å². The Kier molecular flexibility index (Phi) is 20.2. The maximum atomic E-state index is 16.3. The van der Waals surface area contributed by atoms with Gasteiger partial charge in [0.25, 0.3) is 0 Å². The van der Waals surface area contributed by atoms with Crippen LogP contribution >= 0.6 is 23.5 Å². The van der Waals surface area contributed by atoms with Crippen molar-refractivity contribution in [2.45, 2.75) is 93.0 Å². The van der Waals surface area contributed by atoms with E-state index in [-0.39, 0.29) is 80.0 Å². The molecule has 0 spiro atoms. The average Bonchev–Trinajstić information content (AvgIpc) is 3.94. The van der Waals surface area contributed by atoms with Gasteiger partial charge in [-0.2, -0.15) is 26.3 Å². The summed E-state index contributed by atoms with van der Waals surface area (Å²) in [4.78, 5) is 27.7. The third-order valence-corrected chi connectivity index (χ3v) is 16.0. The Morgan fingerprint density at radius 1 is 0.507 bits per heavy atom. The van der Waals surface area contributed by atoms with E-state index in [2.05, 4.69) is 6.92 Å². The zero-order valence-electron chi connectivity index (χ0n) is 40.9. The van der Waals surface area contributed by atoms with Gasteiger partial charge in [0.15, 0.2) is 0 Å². The van der Waals surface area contributed by atoms with Gasteiger partial charge in [0.2, 0.25) is 0 Å². The first-order valence-electron chi connectivity index (χ1n) is 24.0. The zero-order valence-corrected chi connectivity index (χ0v) is 42.5. The van der Waals surface area contributed by atoms with Gasteiger partial charge >= 0.3 is 29.7 Å². The molecule has 19 heteroatoms. The molecule has 0 bridgehead atoms. The third-order valence-electron chi connectivity index (χ3n) is 12.7. The summed E-state index contributed by atoms with van der Waals surface area (Å²) >= 11 is 2.11. The first kappa shape index (κ1) is 56.5. The normalized spacial score (nSPS) is 21.5. The lowest BCUT2D eigenvalue weighted by Gasteiger charge is -2.47. The molecule has 71 heavy (non-hydrogen) atoms. The summed E-state index contributed by atoms with van der Waals surface area (Å²) in [7, 11) is 3.10. The molecule has 2 aliphatic carbocycles. The summed E-state index contributed by atoms with van der Waals surface area (Å²) in [5.74, 6) is -17.5. The molecule has 392 valence electrons. The van der Waals surface area contributed by atoms with Gasteiger partial charge in [-0.05, 0) is 85.0 Å². The molecule has 1 fully saturated rings. The highest BCUT2D eigenvalue weighted by atomic mass is 32.2. The molecule has 0 N–H and O–H groups in total. The van der Waals surface area contributed by atoms with Crippen LogP contribution in [0.2, 0.25) is 0 Å². The van der Waals surface area contributed by atoms with Crippen molar-refractivity contribution in [3.05, 3.63) is 99.2 Å². The number of alkyl halides is 6.